The number of nitrogens with zero attached hydrogens (tertiary/aromatic N) is 3. The van der Waals surface area contributed by atoms with Crippen molar-refractivity contribution in [2.45, 2.75) is 180 Å². The third kappa shape index (κ3) is 16.0. The number of carbonyl (C=O) groups is 6. The van der Waals surface area contributed by atoms with Crippen LogP contribution in [-0.2, 0) is 53.8 Å². The van der Waals surface area contributed by atoms with Gasteiger partial charge in [0.25, 0.3) is 0 Å². The third-order valence-electron chi connectivity index (χ3n) is 15.9. The molecule has 2 heterocycles. The first-order chi connectivity index (χ1) is 33.2. The molecular weight excluding hydrogens is 916 g/mol. The lowest BCUT2D eigenvalue weighted by atomic mass is 9.83. The van der Waals surface area contributed by atoms with E-state index in [1.54, 1.807) is 30.9 Å². The summed E-state index contributed by atoms with van der Waals surface area (Å²) in [6.07, 6.45) is 6.40. The van der Waals surface area contributed by atoms with E-state index in [9.17, 15) is 38.2 Å². The van der Waals surface area contributed by atoms with Crippen molar-refractivity contribution in [1.82, 2.24) is 20.0 Å². The summed E-state index contributed by atoms with van der Waals surface area (Å²) in [4.78, 5) is 97.3. The number of ether oxygens (including phenoxy) is 2. The van der Waals surface area contributed by atoms with Crippen LogP contribution in [0.3, 0.4) is 0 Å². The highest BCUT2D eigenvalue weighted by Crippen LogP contribution is 2.51. The van der Waals surface area contributed by atoms with E-state index in [-0.39, 0.29) is 85.9 Å². The Morgan fingerprint density at radius 1 is 0.900 bits per heavy atom. The number of hydrogen-bond donors (Lipinski definition) is 3. The van der Waals surface area contributed by atoms with E-state index in [2.05, 4.69) is 17.1 Å². The quantitative estimate of drug-likeness (QED) is 0.0483. The standard InChI is InChI=1S/C53H87N4O12P/c1-11-35(4)49(56(8)52(62)42(34(2)3)32-45(59)50-39-23-24-40(30-39)55(50)7)46(67-9)33-48(61)57-26-19-22-43(57)51(68-10)37(6)44(58)31-41(29-38-20-15-14-16-21-38)70(65,66)69-27-18-13-12-17-25-54-47(60)28-36(5)53(63)64/h14-16,20-21,34-37,39-43,46,49-51H,11-13,17-19,22-33H2,1-10H3,(H,54,60)(H,63,64)(H,65,66)/t35-,36?,37-,39-,40+,41+,42-,43-,46+,49-,50-,51+/m0/s1. The second-order valence-corrected chi connectivity index (χ2v) is 23.2. The molecule has 3 amide bonds. The molecule has 3 N–H and O–H groups in total. The molecule has 3 aliphatic rings. The number of piperidine rings is 1. The summed E-state index contributed by atoms with van der Waals surface area (Å²) in [6, 6.07) is 8.61. The summed E-state index contributed by atoms with van der Waals surface area (Å²) in [5, 5.41) is 11.7. The van der Waals surface area contributed by atoms with Gasteiger partial charge in [-0.05, 0) is 81.7 Å². The second-order valence-electron chi connectivity index (χ2n) is 21.1. The van der Waals surface area contributed by atoms with Crippen LogP contribution in [0.25, 0.3) is 0 Å². The summed E-state index contributed by atoms with van der Waals surface area (Å²) in [6.45, 7) is 12.2. The molecule has 2 aliphatic heterocycles. The summed E-state index contributed by atoms with van der Waals surface area (Å²) in [5.74, 6) is -3.55. The van der Waals surface area contributed by atoms with Crippen LogP contribution in [0.1, 0.15) is 137 Å². The Balaban J connectivity index is 1.40. The molecule has 17 heteroatoms. The predicted octanol–water partition coefficient (Wildman–Crippen LogP) is 7.18. The Labute approximate surface area is 418 Å². The number of carboxylic acids is 1. The van der Waals surface area contributed by atoms with E-state index in [0.29, 0.717) is 57.2 Å². The molecule has 1 aromatic carbocycles. The monoisotopic (exact) mass is 1000 g/mol. The first-order valence-electron chi connectivity index (χ1n) is 26.1. The summed E-state index contributed by atoms with van der Waals surface area (Å²) < 4.78 is 31.8. The molecule has 1 aromatic rings. The van der Waals surface area contributed by atoms with E-state index < -0.39 is 61.3 Å². The lowest BCUT2D eigenvalue weighted by Crippen LogP contribution is -2.54. The third-order valence-corrected chi connectivity index (χ3v) is 17.8. The first-order valence-corrected chi connectivity index (χ1v) is 27.7. The van der Waals surface area contributed by atoms with Gasteiger partial charge >= 0.3 is 13.6 Å². The number of fused-ring (bicyclic) bond motifs is 2. The minimum Gasteiger partial charge on any atom is -0.481 e. The molecule has 4 rings (SSSR count). The van der Waals surface area contributed by atoms with E-state index in [0.717, 1.165) is 37.7 Å². The second kappa shape index (κ2) is 28.1. The molecule has 1 aliphatic carbocycles. The molecule has 396 valence electrons. The smallest absolute Gasteiger partial charge is 0.331 e. The van der Waals surface area contributed by atoms with Gasteiger partial charge in [-0.1, -0.05) is 91.1 Å². The van der Waals surface area contributed by atoms with Crippen LogP contribution in [0.5, 0.6) is 0 Å². The fourth-order valence-electron chi connectivity index (χ4n) is 11.4. The first kappa shape index (κ1) is 59.0. The van der Waals surface area contributed by atoms with Crippen molar-refractivity contribution in [2.24, 2.45) is 35.5 Å². The molecule has 1 saturated carbocycles. The summed E-state index contributed by atoms with van der Waals surface area (Å²) in [5.41, 5.74) is -0.242. The number of likely N-dealkylation sites (tertiary alicyclic amines) is 2. The maximum Gasteiger partial charge on any atom is 0.331 e. The van der Waals surface area contributed by atoms with Gasteiger partial charge in [0.2, 0.25) is 17.7 Å². The molecule has 2 saturated heterocycles. The molecule has 70 heavy (non-hydrogen) atoms. The van der Waals surface area contributed by atoms with Crippen LogP contribution >= 0.6 is 7.60 Å². The van der Waals surface area contributed by atoms with Gasteiger partial charge in [0.1, 0.15) is 5.78 Å². The number of Topliss-reactive ketones (excluding diaryl/α,β-unsaturated/α-hetero) is 2. The predicted molar refractivity (Wildman–Crippen MR) is 269 cm³/mol. The van der Waals surface area contributed by atoms with Crippen LogP contribution in [0.15, 0.2) is 30.3 Å². The van der Waals surface area contributed by atoms with Gasteiger partial charge < -0.3 is 39.1 Å². The van der Waals surface area contributed by atoms with Crippen LogP contribution in [0.2, 0.25) is 0 Å². The minimum atomic E-state index is -4.33. The lowest BCUT2D eigenvalue weighted by molar-refractivity contribution is -0.149. The molecular formula is C53H87N4O12P. The Morgan fingerprint density at radius 3 is 2.19 bits per heavy atom. The van der Waals surface area contributed by atoms with Crippen LogP contribution in [0.4, 0.5) is 0 Å². The Bertz CT molecular complexity index is 1920. The van der Waals surface area contributed by atoms with E-state index in [1.165, 1.54) is 14.0 Å². The largest absolute Gasteiger partial charge is 0.481 e. The summed E-state index contributed by atoms with van der Waals surface area (Å²) in [7, 11) is 2.57. The molecule has 16 nitrogen and oxygen atoms in total. The molecule has 0 aromatic heterocycles. The molecule has 2 unspecified atom stereocenters. The lowest BCUT2D eigenvalue weighted by Gasteiger charge is -2.41. The minimum absolute atomic E-state index is 0.00567. The number of methoxy groups -OCH3 is 2. The average Bonchev–Trinajstić information content (AvgIpc) is 4.09. The fraction of sp³-hybridized carbons (Fsp3) is 0.774. The normalized spacial score (nSPS) is 23.5. The van der Waals surface area contributed by atoms with Gasteiger partial charge in [0.05, 0.1) is 54.9 Å². The van der Waals surface area contributed by atoms with Crippen LogP contribution < -0.4 is 5.32 Å². The van der Waals surface area contributed by atoms with Gasteiger partial charge in [0, 0.05) is 71.5 Å². The topological polar surface area (TPSA) is 209 Å². The van der Waals surface area contributed by atoms with Crippen molar-refractivity contribution < 1.29 is 57.3 Å². The number of hydrogen-bond acceptors (Lipinski definition) is 11. The Hall–Kier alpha value is -3.53. The van der Waals surface area contributed by atoms with Gasteiger partial charge in [-0.25, -0.2) is 0 Å². The highest BCUT2D eigenvalue weighted by Gasteiger charge is 2.49. The number of likely N-dealkylation sites (N-methyl/N-ethyl adjacent to an activating group) is 2. The van der Waals surface area contributed by atoms with Gasteiger partial charge in [-0.3, -0.25) is 38.2 Å². The fourth-order valence-corrected chi connectivity index (χ4v) is 12.9. The molecule has 3 fully saturated rings. The maximum atomic E-state index is 14.5. The van der Waals surface area contributed by atoms with Crippen LogP contribution in [-0.4, -0.2) is 150 Å². The molecule has 0 spiro atoms. The van der Waals surface area contributed by atoms with Crippen molar-refractivity contribution in [3.63, 3.8) is 0 Å². The van der Waals surface area contributed by atoms with Gasteiger partial charge in [0.15, 0.2) is 5.78 Å². The van der Waals surface area contributed by atoms with E-state index in [1.807, 2.05) is 58.2 Å². The maximum absolute atomic E-state index is 14.5. The van der Waals surface area contributed by atoms with E-state index in [4.69, 9.17) is 19.1 Å². The van der Waals surface area contributed by atoms with Crippen molar-refractivity contribution in [2.75, 3.05) is 48.0 Å². The highest BCUT2D eigenvalue weighted by atomic mass is 31.2. The molecule has 13 atom stereocenters. The Kier molecular flexibility index (Phi) is 23.7. The van der Waals surface area contributed by atoms with Crippen molar-refractivity contribution in [3.8, 4) is 0 Å². The molecule has 0 radical (unpaired) electrons. The van der Waals surface area contributed by atoms with Crippen molar-refractivity contribution in [3.05, 3.63) is 35.9 Å². The number of benzene rings is 1. The van der Waals surface area contributed by atoms with Gasteiger partial charge in [-0.2, -0.15) is 0 Å². The highest BCUT2D eigenvalue weighted by molar-refractivity contribution is 7.53. The Morgan fingerprint density at radius 2 is 1.59 bits per heavy atom. The molecule has 2 bridgehead atoms. The number of aliphatic carboxylic acids is 1. The average molecular weight is 1000 g/mol. The number of carbonyl (C=O) groups excluding carboxylic acids is 5. The SMILES string of the molecule is CC[C@H](C)[C@@H]([C@@H](CC(=O)N1CCC[C@H]1[C@H](OC)[C@@H](C)C(=O)C[C@@H](Cc1ccccc1)P(=O)(O)OCCCCCCNC(=O)CC(C)C(=O)O)OC)N(C)C(=O)[C@@H](CC(=O)[C@@H]1[C@H]2CC[C@H](C2)N1C)C(C)C. The zero-order chi connectivity index (χ0) is 51.9. The number of rotatable bonds is 32. The number of amides is 3. The van der Waals surface area contributed by atoms with Crippen molar-refractivity contribution >= 4 is 42.9 Å². The van der Waals surface area contributed by atoms with E-state index >= 15 is 0 Å². The zero-order valence-corrected chi connectivity index (χ0v) is 44.8. The number of unbranched alkanes of at least 4 members (excludes halogenated alkanes) is 3. The van der Waals surface area contributed by atoms with Crippen LogP contribution in [0, 0.1) is 35.5 Å². The number of carboxylic acid groups (broad SMARTS) is 1. The van der Waals surface area contributed by atoms with Crippen molar-refractivity contribution in [1.29, 1.82) is 0 Å². The van der Waals surface area contributed by atoms with Gasteiger partial charge in [-0.15, -0.1) is 0 Å². The zero-order valence-electron chi connectivity index (χ0n) is 43.9. The summed E-state index contributed by atoms with van der Waals surface area (Å²) >= 11 is 0. The number of nitrogens with one attached hydrogen (secondary N) is 1. The number of ketones is 2.